The van der Waals surface area contributed by atoms with Gasteiger partial charge in [-0.3, -0.25) is 0 Å². The third-order valence-electron chi connectivity index (χ3n) is 2.78. The number of hydrogen-bond acceptors (Lipinski definition) is 3. The van der Waals surface area contributed by atoms with Gasteiger partial charge in [-0.25, -0.2) is 0 Å². The Labute approximate surface area is 104 Å². The van der Waals surface area contributed by atoms with Crippen LogP contribution in [0, 0.1) is 0 Å². The predicted octanol–water partition coefficient (Wildman–Crippen LogP) is 2.90. The third kappa shape index (κ3) is 4.02. The highest BCUT2D eigenvalue weighted by Gasteiger charge is 2.08. The Morgan fingerprint density at radius 3 is 2.65 bits per heavy atom. The van der Waals surface area contributed by atoms with Crippen LogP contribution in [0.3, 0.4) is 0 Å². The molecule has 0 radical (unpaired) electrons. The summed E-state index contributed by atoms with van der Waals surface area (Å²) in [5.74, 6) is 0.894. The number of methoxy groups -OCH3 is 1. The molecule has 0 amide bonds. The van der Waals surface area contributed by atoms with Crippen molar-refractivity contribution >= 4 is 0 Å². The lowest BCUT2D eigenvalue weighted by Gasteiger charge is -2.16. The van der Waals surface area contributed by atoms with Crippen molar-refractivity contribution in [2.75, 3.05) is 20.3 Å². The maximum Gasteiger partial charge on any atom is 0.124 e. The highest BCUT2D eigenvalue weighted by atomic mass is 16.5. The molecule has 0 aliphatic carbocycles. The van der Waals surface area contributed by atoms with Crippen LogP contribution in [0.15, 0.2) is 18.2 Å². The molecule has 1 rings (SSSR count). The molecule has 0 bridgehead atoms. The van der Waals surface area contributed by atoms with Crippen LogP contribution in [0.25, 0.3) is 0 Å². The molecule has 1 atom stereocenters. The number of hydrogen-bond donors (Lipinski definition) is 1. The summed E-state index contributed by atoms with van der Waals surface area (Å²) in [5.41, 5.74) is 2.37. The van der Waals surface area contributed by atoms with Gasteiger partial charge in [0.2, 0.25) is 0 Å². The summed E-state index contributed by atoms with van der Waals surface area (Å²) in [4.78, 5) is 0. The topological polar surface area (TPSA) is 30.5 Å². The predicted molar refractivity (Wildman–Crippen MR) is 70.4 cm³/mol. The van der Waals surface area contributed by atoms with E-state index in [-0.39, 0.29) is 0 Å². The van der Waals surface area contributed by atoms with Crippen LogP contribution >= 0.6 is 0 Å². The molecule has 17 heavy (non-hydrogen) atoms. The first-order valence-electron chi connectivity index (χ1n) is 6.20. The SMILES string of the molecule is CCNC(C)c1ccc(OC)c(COCC)c1. The minimum Gasteiger partial charge on any atom is -0.496 e. The molecule has 1 N–H and O–H groups in total. The first kappa shape index (κ1) is 14.0. The van der Waals surface area contributed by atoms with Gasteiger partial charge in [0.15, 0.2) is 0 Å². The minimum atomic E-state index is 0.353. The van der Waals surface area contributed by atoms with Gasteiger partial charge in [-0.2, -0.15) is 0 Å². The third-order valence-corrected chi connectivity index (χ3v) is 2.78. The van der Waals surface area contributed by atoms with E-state index in [2.05, 4.69) is 31.3 Å². The van der Waals surface area contributed by atoms with E-state index in [1.807, 2.05) is 13.0 Å². The highest BCUT2D eigenvalue weighted by molar-refractivity contribution is 5.38. The zero-order valence-corrected chi connectivity index (χ0v) is 11.2. The highest BCUT2D eigenvalue weighted by Crippen LogP contribution is 2.24. The van der Waals surface area contributed by atoms with Crippen LogP contribution in [0.4, 0.5) is 0 Å². The lowest BCUT2D eigenvalue weighted by Crippen LogP contribution is -2.17. The van der Waals surface area contributed by atoms with Gasteiger partial charge in [0.1, 0.15) is 5.75 Å². The van der Waals surface area contributed by atoms with Crippen molar-refractivity contribution in [2.24, 2.45) is 0 Å². The van der Waals surface area contributed by atoms with Gasteiger partial charge in [0.05, 0.1) is 13.7 Å². The molecule has 0 spiro atoms. The Kier molecular flexibility index (Phi) is 6.01. The first-order chi connectivity index (χ1) is 8.22. The fraction of sp³-hybridized carbons (Fsp3) is 0.571. The first-order valence-corrected chi connectivity index (χ1v) is 6.20. The van der Waals surface area contributed by atoms with Crippen molar-refractivity contribution < 1.29 is 9.47 Å². The quantitative estimate of drug-likeness (QED) is 0.791. The molecule has 0 saturated carbocycles. The molecule has 0 heterocycles. The molecule has 0 saturated heterocycles. The van der Waals surface area contributed by atoms with Crippen molar-refractivity contribution in [3.05, 3.63) is 29.3 Å². The fourth-order valence-corrected chi connectivity index (χ4v) is 1.82. The molecule has 3 nitrogen and oxygen atoms in total. The van der Waals surface area contributed by atoms with Gasteiger partial charge < -0.3 is 14.8 Å². The zero-order chi connectivity index (χ0) is 12.7. The minimum absolute atomic E-state index is 0.353. The van der Waals surface area contributed by atoms with Crippen LogP contribution < -0.4 is 10.1 Å². The van der Waals surface area contributed by atoms with Crippen LogP contribution in [-0.4, -0.2) is 20.3 Å². The molecule has 1 unspecified atom stereocenters. The van der Waals surface area contributed by atoms with E-state index in [4.69, 9.17) is 9.47 Å². The summed E-state index contributed by atoms with van der Waals surface area (Å²) < 4.78 is 10.8. The van der Waals surface area contributed by atoms with Crippen molar-refractivity contribution in [3.63, 3.8) is 0 Å². The molecule has 96 valence electrons. The molecular formula is C14H23NO2. The van der Waals surface area contributed by atoms with E-state index >= 15 is 0 Å². The maximum atomic E-state index is 5.46. The largest absolute Gasteiger partial charge is 0.496 e. The second-order valence-corrected chi connectivity index (χ2v) is 3.99. The molecular weight excluding hydrogens is 214 g/mol. The van der Waals surface area contributed by atoms with Crippen LogP contribution in [-0.2, 0) is 11.3 Å². The number of ether oxygens (including phenoxy) is 2. The Morgan fingerprint density at radius 1 is 1.29 bits per heavy atom. The Hall–Kier alpha value is -1.06. The van der Waals surface area contributed by atoms with Gasteiger partial charge in [-0.1, -0.05) is 13.0 Å². The zero-order valence-electron chi connectivity index (χ0n) is 11.2. The van der Waals surface area contributed by atoms with Crippen LogP contribution in [0.5, 0.6) is 5.75 Å². The van der Waals surface area contributed by atoms with Gasteiger partial charge in [0.25, 0.3) is 0 Å². The van der Waals surface area contributed by atoms with Gasteiger partial charge >= 0.3 is 0 Å². The van der Waals surface area contributed by atoms with Crippen LogP contribution in [0.2, 0.25) is 0 Å². The monoisotopic (exact) mass is 237 g/mol. The lowest BCUT2D eigenvalue weighted by molar-refractivity contribution is 0.132. The molecule has 0 aliphatic rings. The second kappa shape index (κ2) is 7.30. The van der Waals surface area contributed by atoms with Gasteiger partial charge in [-0.05, 0) is 38.1 Å². The van der Waals surface area contributed by atoms with Gasteiger partial charge in [-0.15, -0.1) is 0 Å². The summed E-state index contributed by atoms with van der Waals surface area (Å²) in [6.07, 6.45) is 0. The van der Waals surface area contributed by atoms with E-state index in [9.17, 15) is 0 Å². The molecule has 3 heteroatoms. The Morgan fingerprint density at radius 2 is 2.06 bits per heavy atom. The molecule has 1 aromatic rings. The molecule has 1 aromatic carbocycles. The van der Waals surface area contributed by atoms with E-state index in [0.29, 0.717) is 12.6 Å². The Bertz CT molecular complexity index is 339. The van der Waals surface area contributed by atoms with E-state index in [0.717, 1.165) is 24.5 Å². The second-order valence-electron chi connectivity index (χ2n) is 3.99. The van der Waals surface area contributed by atoms with Crippen molar-refractivity contribution in [3.8, 4) is 5.75 Å². The molecule has 0 fully saturated rings. The van der Waals surface area contributed by atoms with E-state index in [1.165, 1.54) is 5.56 Å². The summed E-state index contributed by atoms with van der Waals surface area (Å²) in [6.45, 7) is 8.56. The molecule has 0 aromatic heterocycles. The maximum absolute atomic E-state index is 5.46. The average Bonchev–Trinajstić information content (AvgIpc) is 2.36. The fourth-order valence-electron chi connectivity index (χ4n) is 1.82. The van der Waals surface area contributed by atoms with Crippen LogP contribution in [0.1, 0.15) is 37.9 Å². The summed E-state index contributed by atoms with van der Waals surface area (Å²) in [7, 11) is 1.69. The average molecular weight is 237 g/mol. The van der Waals surface area contributed by atoms with Crippen molar-refractivity contribution in [1.82, 2.24) is 5.32 Å². The van der Waals surface area contributed by atoms with E-state index < -0.39 is 0 Å². The van der Waals surface area contributed by atoms with Crippen molar-refractivity contribution in [1.29, 1.82) is 0 Å². The Balaban J connectivity index is 2.87. The van der Waals surface area contributed by atoms with Gasteiger partial charge in [0, 0.05) is 18.2 Å². The van der Waals surface area contributed by atoms with E-state index in [1.54, 1.807) is 7.11 Å². The normalized spacial score (nSPS) is 12.5. The smallest absolute Gasteiger partial charge is 0.124 e. The summed E-state index contributed by atoms with van der Waals surface area (Å²) >= 11 is 0. The molecule has 0 aliphatic heterocycles. The summed E-state index contributed by atoms with van der Waals surface area (Å²) in [6, 6.07) is 6.62. The summed E-state index contributed by atoms with van der Waals surface area (Å²) in [5, 5.41) is 3.40. The lowest BCUT2D eigenvalue weighted by atomic mass is 10.0. The number of nitrogens with one attached hydrogen (secondary N) is 1. The van der Waals surface area contributed by atoms with Crippen molar-refractivity contribution in [2.45, 2.75) is 33.4 Å². The standard InChI is InChI=1S/C14H23NO2/c1-5-15-11(3)12-7-8-14(16-4)13(9-12)10-17-6-2/h7-9,11,15H,5-6,10H2,1-4H3. The number of benzene rings is 1. The number of rotatable bonds is 7.